The monoisotopic (exact) mass is 331 g/mol. The van der Waals surface area contributed by atoms with Gasteiger partial charge in [0.2, 0.25) is 5.91 Å². The van der Waals surface area contributed by atoms with Crippen LogP contribution in [0.1, 0.15) is 34.7 Å². The minimum absolute atomic E-state index is 0. The van der Waals surface area contributed by atoms with Gasteiger partial charge < -0.3 is 16.4 Å². The quantitative estimate of drug-likeness (QED) is 0.788. The van der Waals surface area contributed by atoms with E-state index in [0.29, 0.717) is 13.0 Å². The predicted octanol–water partition coefficient (Wildman–Crippen LogP) is 2.42. The van der Waals surface area contributed by atoms with Crippen LogP contribution in [0.4, 0.5) is 0 Å². The van der Waals surface area contributed by atoms with Crippen LogP contribution >= 0.6 is 12.4 Å². The highest BCUT2D eigenvalue weighted by Crippen LogP contribution is 2.17. The molecule has 0 fully saturated rings. The molecule has 122 valence electrons. The number of hydrogen-bond donors (Lipinski definition) is 3. The summed E-state index contributed by atoms with van der Waals surface area (Å²) in [5.41, 5.74) is 10.9. The van der Waals surface area contributed by atoms with Gasteiger partial charge in [-0.15, -0.1) is 12.4 Å². The average Bonchev–Trinajstić information content (AvgIpc) is 3.01. The van der Waals surface area contributed by atoms with Crippen LogP contribution in [0, 0.1) is 0 Å². The van der Waals surface area contributed by atoms with Gasteiger partial charge in [0.15, 0.2) is 0 Å². The number of rotatable bonds is 5. The second-order valence-corrected chi connectivity index (χ2v) is 5.70. The van der Waals surface area contributed by atoms with Crippen LogP contribution in [0.3, 0.4) is 0 Å². The molecule has 23 heavy (non-hydrogen) atoms. The van der Waals surface area contributed by atoms with Crippen molar-refractivity contribution in [2.75, 3.05) is 0 Å². The lowest BCUT2D eigenvalue weighted by Crippen LogP contribution is -2.27. The molecule has 5 heteroatoms. The normalized spacial score (nSPS) is 13.8. The molecule has 1 aliphatic heterocycles. The summed E-state index contributed by atoms with van der Waals surface area (Å²) in [7, 11) is 0. The first-order chi connectivity index (χ1) is 10.7. The summed E-state index contributed by atoms with van der Waals surface area (Å²) in [4.78, 5) is 12.0. The second-order valence-electron chi connectivity index (χ2n) is 5.70. The fourth-order valence-electron chi connectivity index (χ4n) is 2.75. The van der Waals surface area contributed by atoms with Gasteiger partial charge in [0.05, 0.1) is 0 Å². The highest BCUT2D eigenvalue weighted by Gasteiger charge is 2.12. The Labute approximate surface area is 142 Å². The highest BCUT2D eigenvalue weighted by atomic mass is 35.5. The Morgan fingerprint density at radius 3 is 2.65 bits per heavy atom. The Bertz CT molecular complexity index is 661. The van der Waals surface area contributed by atoms with Gasteiger partial charge in [-0.2, -0.15) is 0 Å². The Kier molecular flexibility index (Phi) is 6.16. The molecular weight excluding hydrogens is 310 g/mol. The minimum atomic E-state index is -0.259. The molecule has 1 amide bonds. The van der Waals surface area contributed by atoms with Gasteiger partial charge in [-0.1, -0.05) is 48.5 Å². The number of fused-ring (bicyclic) bond motifs is 1. The molecule has 0 aromatic heterocycles. The number of nitrogens with one attached hydrogen (secondary N) is 2. The van der Waals surface area contributed by atoms with Crippen molar-refractivity contribution in [2.45, 2.75) is 32.1 Å². The van der Waals surface area contributed by atoms with Crippen molar-refractivity contribution in [1.82, 2.24) is 10.6 Å². The molecule has 0 radical (unpaired) electrons. The van der Waals surface area contributed by atoms with Crippen molar-refractivity contribution in [3.63, 3.8) is 0 Å². The maximum Gasteiger partial charge on any atom is 0.222 e. The number of nitrogens with two attached hydrogens (primary N) is 1. The largest absolute Gasteiger partial charge is 0.352 e. The number of halogens is 1. The van der Waals surface area contributed by atoms with E-state index in [4.69, 9.17) is 5.73 Å². The number of amides is 1. The third kappa shape index (κ3) is 4.55. The van der Waals surface area contributed by atoms with E-state index in [1.165, 1.54) is 11.1 Å². The zero-order valence-electron chi connectivity index (χ0n) is 12.9. The van der Waals surface area contributed by atoms with Gasteiger partial charge in [0, 0.05) is 32.1 Å². The van der Waals surface area contributed by atoms with E-state index < -0.39 is 0 Å². The van der Waals surface area contributed by atoms with Gasteiger partial charge in [-0.3, -0.25) is 4.79 Å². The topological polar surface area (TPSA) is 67.2 Å². The molecule has 4 N–H and O–H groups in total. The van der Waals surface area contributed by atoms with Gasteiger partial charge in [0.1, 0.15) is 0 Å². The molecule has 0 bridgehead atoms. The summed E-state index contributed by atoms with van der Waals surface area (Å²) < 4.78 is 0. The molecule has 0 saturated heterocycles. The molecule has 1 heterocycles. The zero-order chi connectivity index (χ0) is 15.4. The number of carbonyl (C=O) groups excluding carboxylic acids is 1. The lowest BCUT2D eigenvalue weighted by atomic mass is 10.0. The molecule has 0 aliphatic carbocycles. The summed E-state index contributed by atoms with van der Waals surface area (Å²) in [6, 6.07) is 15.8. The Balaban J connectivity index is 0.00000192. The standard InChI is InChI=1S/C18H21N3O.ClH/c19-17(14-4-2-1-3-5-14)9-18(22)21-10-13-6-7-15-11-20-12-16(15)8-13;/h1-8,17,20H,9-12,19H2,(H,21,22);1H. The number of benzene rings is 2. The van der Waals surface area contributed by atoms with Crippen LogP contribution in [0.25, 0.3) is 0 Å². The van der Waals surface area contributed by atoms with Crippen LogP contribution in [-0.2, 0) is 24.4 Å². The average molecular weight is 332 g/mol. The third-order valence-electron chi connectivity index (χ3n) is 4.02. The number of hydrogen-bond acceptors (Lipinski definition) is 3. The summed E-state index contributed by atoms with van der Waals surface area (Å²) in [6.45, 7) is 2.40. The molecular formula is C18H22ClN3O. The molecule has 2 aromatic rings. The predicted molar refractivity (Wildman–Crippen MR) is 94.1 cm³/mol. The second kappa shape index (κ2) is 8.11. The lowest BCUT2D eigenvalue weighted by molar-refractivity contribution is -0.121. The van der Waals surface area contributed by atoms with E-state index in [1.807, 2.05) is 30.3 Å². The van der Waals surface area contributed by atoms with Crippen molar-refractivity contribution in [2.24, 2.45) is 5.73 Å². The minimum Gasteiger partial charge on any atom is -0.352 e. The first-order valence-corrected chi connectivity index (χ1v) is 7.61. The van der Waals surface area contributed by atoms with Crippen molar-refractivity contribution in [3.05, 3.63) is 70.8 Å². The molecule has 0 saturated carbocycles. The molecule has 2 aromatic carbocycles. The smallest absolute Gasteiger partial charge is 0.222 e. The molecule has 4 nitrogen and oxygen atoms in total. The maximum atomic E-state index is 12.0. The first kappa shape index (κ1) is 17.5. The van der Waals surface area contributed by atoms with E-state index >= 15 is 0 Å². The van der Waals surface area contributed by atoms with E-state index in [-0.39, 0.29) is 24.4 Å². The van der Waals surface area contributed by atoms with Crippen LogP contribution in [0.5, 0.6) is 0 Å². The van der Waals surface area contributed by atoms with Crippen LogP contribution in [0.15, 0.2) is 48.5 Å². The summed E-state index contributed by atoms with van der Waals surface area (Å²) in [5.74, 6) is -0.0185. The molecule has 0 spiro atoms. The van der Waals surface area contributed by atoms with Gasteiger partial charge in [-0.05, 0) is 22.3 Å². The summed E-state index contributed by atoms with van der Waals surface area (Å²) in [6.07, 6.45) is 0.302. The Hall–Kier alpha value is -1.88. The Morgan fingerprint density at radius 2 is 1.87 bits per heavy atom. The van der Waals surface area contributed by atoms with Gasteiger partial charge >= 0.3 is 0 Å². The highest BCUT2D eigenvalue weighted by molar-refractivity contribution is 5.85. The SMILES string of the molecule is Cl.NC(CC(=O)NCc1ccc2c(c1)CNC2)c1ccccc1. The van der Waals surface area contributed by atoms with Gasteiger partial charge in [0.25, 0.3) is 0 Å². The molecule has 1 unspecified atom stereocenters. The number of carbonyl (C=O) groups is 1. The van der Waals surface area contributed by atoms with Gasteiger partial charge in [-0.25, -0.2) is 0 Å². The van der Waals surface area contributed by atoms with Crippen molar-refractivity contribution < 1.29 is 4.79 Å². The maximum absolute atomic E-state index is 12.0. The van der Waals surface area contributed by atoms with E-state index in [9.17, 15) is 4.79 Å². The summed E-state index contributed by atoms with van der Waals surface area (Å²) >= 11 is 0. The fourth-order valence-corrected chi connectivity index (χ4v) is 2.75. The first-order valence-electron chi connectivity index (χ1n) is 7.61. The third-order valence-corrected chi connectivity index (χ3v) is 4.02. The van der Waals surface area contributed by atoms with Crippen molar-refractivity contribution >= 4 is 18.3 Å². The van der Waals surface area contributed by atoms with Crippen LogP contribution in [0.2, 0.25) is 0 Å². The zero-order valence-corrected chi connectivity index (χ0v) is 13.7. The van der Waals surface area contributed by atoms with Crippen molar-refractivity contribution in [1.29, 1.82) is 0 Å². The Morgan fingerprint density at radius 1 is 1.13 bits per heavy atom. The molecule has 1 atom stereocenters. The van der Waals surface area contributed by atoms with E-state index in [0.717, 1.165) is 24.2 Å². The fraction of sp³-hybridized carbons (Fsp3) is 0.278. The van der Waals surface area contributed by atoms with Crippen LogP contribution < -0.4 is 16.4 Å². The van der Waals surface area contributed by atoms with E-state index in [1.54, 1.807) is 0 Å². The molecule has 3 rings (SSSR count). The summed E-state index contributed by atoms with van der Waals surface area (Å²) in [5, 5.41) is 6.27. The van der Waals surface area contributed by atoms with E-state index in [2.05, 4.69) is 28.8 Å². The van der Waals surface area contributed by atoms with Crippen LogP contribution in [-0.4, -0.2) is 5.91 Å². The molecule has 1 aliphatic rings. The lowest BCUT2D eigenvalue weighted by Gasteiger charge is -2.12. The van der Waals surface area contributed by atoms with Crippen molar-refractivity contribution in [3.8, 4) is 0 Å².